The van der Waals surface area contributed by atoms with Gasteiger partial charge in [-0.1, -0.05) is 100 Å². The normalized spacial score (nSPS) is 21.8. The SMILES string of the molecule is C[C@@H](O)[C@@H]1NC(=O)[C@H](CCCCN)NC(=O)[C@@H](Cc2c[nH]c3ccccc23)NC(=O)[C@H](Cc2ccccc2)NC(=O)[C@@H](NC(=O)[C@H](N)Cc2ccccc2)CSSC[C@@H](C(=O)N[C@H](CO)[C@@H](C)O)NC1=O.O=C([O-])C(F)(F)F. The van der Waals surface area contributed by atoms with Crippen molar-refractivity contribution in [2.45, 2.75) is 119 Å². The van der Waals surface area contributed by atoms with Crippen LogP contribution in [0.4, 0.5) is 13.2 Å². The number of aliphatic carboxylic acids is 1. The number of benzene rings is 3. The molecule has 5 rings (SSSR count). The van der Waals surface area contributed by atoms with E-state index in [1.807, 2.05) is 30.3 Å². The molecule has 2 heterocycles. The fourth-order valence-electron chi connectivity index (χ4n) is 7.73. The second-order valence-corrected chi connectivity index (χ2v) is 20.8. The molecule has 22 nitrogen and oxygen atoms in total. The molecule has 426 valence electrons. The van der Waals surface area contributed by atoms with Crippen LogP contribution in [0.25, 0.3) is 10.9 Å². The summed E-state index contributed by atoms with van der Waals surface area (Å²) >= 11 is 0. The van der Waals surface area contributed by atoms with Gasteiger partial charge in [-0.25, -0.2) is 0 Å². The van der Waals surface area contributed by atoms with Crippen molar-refractivity contribution in [1.82, 2.24) is 42.2 Å². The molecule has 1 aliphatic rings. The molecular formula is C51H66F3N10O12S2-. The molecular weight excluding hydrogens is 1070 g/mol. The second-order valence-electron chi connectivity index (χ2n) is 18.3. The maximum absolute atomic E-state index is 14.7. The van der Waals surface area contributed by atoms with E-state index in [1.54, 1.807) is 60.8 Å². The third-order valence-corrected chi connectivity index (χ3v) is 14.5. The largest absolute Gasteiger partial charge is 0.542 e. The van der Waals surface area contributed by atoms with E-state index in [0.717, 1.165) is 38.1 Å². The van der Waals surface area contributed by atoms with Crippen LogP contribution < -0.4 is 53.8 Å². The first-order valence-corrected chi connectivity index (χ1v) is 27.2. The molecule has 1 fully saturated rings. The summed E-state index contributed by atoms with van der Waals surface area (Å²) in [6.07, 6.45) is -5.35. The number of aromatic amines is 1. The Kier molecular flexibility index (Phi) is 25.8. The van der Waals surface area contributed by atoms with Gasteiger partial charge < -0.3 is 78.9 Å². The summed E-state index contributed by atoms with van der Waals surface area (Å²) < 4.78 is 31.5. The number of aliphatic hydroxyl groups excluding tert-OH is 3. The zero-order valence-electron chi connectivity index (χ0n) is 42.6. The first kappa shape index (κ1) is 63.8. The van der Waals surface area contributed by atoms with Crippen LogP contribution in [0.3, 0.4) is 0 Å². The number of aromatic nitrogens is 1. The molecule has 3 aromatic carbocycles. The third kappa shape index (κ3) is 20.6. The minimum atomic E-state index is -5.19. The number of para-hydroxylation sites is 1. The van der Waals surface area contributed by atoms with Gasteiger partial charge in [-0.2, -0.15) is 13.2 Å². The van der Waals surface area contributed by atoms with E-state index in [-0.39, 0.29) is 43.7 Å². The van der Waals surface area contributed by atoms with E-state index in [2.05, 4.69) is 42.2 Å². The lowest BCUT2D eigenvalue weighted by Gasteiger charge is -2.29. The number of carboxylic acid groups (broad SMARTS) is 1. The monoisotopic (exact) mass is 1130 g/mol. The molecule has 78 heavy (non-hydrogen) atoms. The van der Waals surface area contributed by atoms with Crippen molar-refractivity contribution >= 4 is 79.8 Å². The minimum Gasteiger partial charge on any atom is -0.542 e. The number of nitrogens with one attached hydrogen (secondary N) is 8. The van der Waals surface area contributed by atoms with Gasteiger partial charge in [-0.3, -0.25) is 33.6 Å². The summed E-state index contributed by atoms with van der Waals surface area (Å²) in [5.41, 5.74) is 15.0. The molecule has 4 aromatic rings. The molecule has 0 unspecified atom stereocenters. The van der Waals surface area contributed by atoms with Crippen LogP contribution in [0.1, 0.15) is 49.8 Å². The number of hydrogen-bond donors (Lipinski definition) is 13. The van der Waals surface area contributed by atoms with Gasteiger partial charge in [0.2, 0.25) is 41.4 Å². The molecule has 1 saturated heterocycles. The third-order valence-electron chi connectivity index (χ3n) is 12.1. The molecule has 0 radical (unpaired) electrons. The smallest absolute Gasteiger partial charge is 0.430 e. The van der Waals surface area contributed by atoms with Gasteiger partial charge in [0, 0.05) is 41.4 Å². The number of rotatable bonds is 17. The zero-order valence-corrected chi connectivity index (χ0v) is 44.3. The van der Waals surface area contributed by atoms with Crippen molar-refractivity contribution in [2.75, 3.05) is 24.7 Å². The van der Waals surface area contributed by atoms with E-state index >= 15 is 0 Å². The Balaban J connectivity index is 0.00000175. The molecule has 27 heteroatoms. The van der Waals surface area contributed by atoms with Crippen LogP contribution >= 0.6 is 21.6 Å². The number of halogens is 3. The Hall–Kier alpha value is -6.75. The van der Waals surface area contributed by atoms with Crippen molar-refractivity contribution < 1.29 is 72.0 Å². The fraction of sp³-hybridized carbons (Fsp3) is 0.451. The van der Waals surface area contributed by atoms with Crippen molar-refractivity contribution in [1.29, 1.82) is 0 Å². The lowest BCUT2D eigenvalue weighted by atomic mass is 10.0. The highest BCUT2D eigenvalue weighted by Gasteiger charge is 2.37. The minimum absolute atomic E-state index is 0.0340. The molecule has 10 atom stereocenters. The van der Waals surface area contributed by atoms with Crippen molar-refractivity contribution in [3.8, 4) is 0 Å². The maximum atomic E-state index is 14.7. The number of alkyl halides is 3. The van der Waals surface area contributed by atoms with Crippen LogP contribution in [-0.2, 0) is 57.6 Å². The van der Waals surface area contributed by atoms with Gasteiger partial charge in [0.05, 0.1) is 30.9 Å². The number of hydrogen-bond acceptors (Lipinski definition) is 16. The number of unbranched alkanes of at least 4 members (excludes halogenated alkanes) is 1. The highest BCUT2D eigenvalue weighted by Crippen LogP contribution is 2.24. The molecule has 0 saturated carbocycles. The summed E-state index contributed by atoms with van der Waals surface area (Å²) in [6.45, 7) is 2.23. The summed E-state index contributed by atoms with van der Waals surface area (Å²) in [6, 6.07) is 14.6. The van der Waals surface area contributed by atoms with Gasteiger partial charge in [0.1, 0.15) is 42.2 Å². The number of amides is 7. The van der Waals surface area contributed by atoms with E-state index in [4.69, 9.17) is 21.4 Å². The topological polar surface area (TPSA) is 372 Å². The Labute approximate surface area is 455 Å². The number of carbonyl (C=O) groups excluding carboxylic acids is 8. The summed E-state index contributed by atoms with van der Waals surface area (Å²) in [5.74, 6) is -9.02. The van der Waals surface area contributed by atoms with Crippen LogP contribution in [0.5, 0.6) is 0 Å². The standard InChI is InChI=1S/C49H66N10O10S2.C2HF3O2/c1-28(61)39(25-60)56-48(68)41-27-71-70-26-40(57-43(63)34(51)21-30-13-5-3-6-14-30)47(67)54-37(22-31-15-7-4-8-16-31)45(65)55-38(23-32-24-52-35-18-10-9-17-33(32)35)46(66)53-36(19-11-12-20-50)44(64)59-42(29(2)62)49(69)58-41;3-2(4,5)1(6)7/h3-10,13-18,24,28-29,34,36-42,52,60-62H,11-12,19-23,25-27,50-51H2,1-2H3,(H,53,66)(H,54,67)(H,55,65)(H,56,68)(H,57,63)(H,58,69)(H,59,64);(H,6,7)/p-1/t28-,29-,34-,36+,37+,38-,39-,40+,41+,42+;/m1./s1. The summed E-state index contributed by atoms with van der Waals surface area (Å²) in [4.78, 5) is 112. The van der Waals surface area contributed by atoms with E-state index in [1.165, 1.54) is 13.8 Å². The predicted octanol–water partition coefficient (Wildman–Crippen LogP) is -1.51. The van der Waals surface area contributed by atoms with Crippen molar-refractivity contribution in [2.24, 2.45) is 11.5 Å². The van der Waals surface area contributed by atoms with Crippen LogP contribution in [0.15, 0.2) is 91.1 Å². The van der Waals surface area contributed by atoms with Crippen LogP contribution in [0, 0.1) is 0 Å². The first-order chi connectivity index (χ1) is 37.0. The second kappa shape index (κ2) is 31.6. The lowest BCUT2D eigenvalue weighted by molar-refractivity contribution is -0.344. The van der Waals surface area contributed by atoms with E-state index in [9.17, 15) is 62.1 Å². The lowest BCUT2D eigenvalue weighted by Crippen LogP contribution is -2.62. The molecule has 0 bridgehead atoms. The highest BCUT2D eigenvalue weighted by molar-refractivity contribution is 8.76. The zero-order chi connectivity index (χ0) is 57.5. The Bertz CT molecular complexity index is 2620. The molecule has 0 aliphatic carbocycles. The number of aliphatic hydroxyl groups is 3. The Morgan fingerprint density at radius 2 is 1.29 bits per heavy atom. The number of carbonyl (C=O) groups is 8. The molecule has 0 spiro atoms. The highest BCUT2D eigenvalue weighted by atomic mass is 33.1. The summed E-state index contributed by atoms with van der Waals surface area (Å²) in [7, 11) is 2.06. The number of H-pyrrole nitrogens is 1. The molecule has 15 N–H and O–H groups in total. The molecule has 7 amide bonds. The van der Waals surface area contributed by atoms with Crippen molar-refractivity contribution in [3.63, 3.8) is 0 Å². The molecule has 1 aromatic heterocycles. The fourth-order valence-corrected chi connectivity index (χ4v) is 10.1. The van der Waals surface area contributed by atoms with Gasteiger partial charge >= 0.3 is 6.18 Å². The maximum Gasteiger partial charge on any atom is 0.430 e. The quantitative estimate of drug-likeness (QED) is 0.0422. The number of nitrogens with two attached hydrogens (primary N) is 2. The Morgan fingerprint density at radius 3 is 1.88 bits per heavy atom. The average molecular weight is 1130 g/mol. The Morgan fingerprint density at radius 1 is 0.744 bits per heavy atom. The first-order valence-electron chi connectivity index (χ1n) is 24.7. The van der Waals surface area contributed by atoms with E-state index in [0.29, 0.717) is 24.0 Å². The van der Waals surface area contributed by atoms with Gasteiger partial charge in [-0.05, 0) is 68.8 Å². The number of fused-ring (bicyclic) bond motifs is 1. The van der Waals surface area contributed by atoms with E-state index < -0.39 is 121 Å². The van der Waals surface area contributed by atoms with Crippen LogP contribution in [-0.4, -0.2) is 159 Å². The predicted molar refractivity (Wildman–Crippen MR) is 283 cm³/mol. The summed E-state index contributed by atoms with van der Waals surface area (Å²) in [5, 5.41) is 59.3. The van der Waals surface area contributed by atoms with Gasteiger partial charge in [-0.15, -0.1) is 0 Å². The average Bonchev–Trinajstić information content (AvgIpc) is 3.82. The van der Waals surface area contributed by atoms with Gasteiger partial charge in [0.25, 0.3) is 0 Å². The van der Waals surface area contributed by atoms with Crippen LogP contribution in [0.2, 0.25) is 0 Å². The van der Waals surface area contributed by atoms with Crippen molar-refractivity contribution in [3.05, 3.63) is 108 Å². The number of carboxylic acids is 1. The van der Waals surface area contributed by atoms with Gasteiger partial charge in [0.15, 0.2) is 0 Å². The molecule has 1 aliphatic heterocycles.